The first-order valence-electron chi connectivity index (χ1n) is 9.40. The summed E-state index contributed by atoms with van der Waals surface area (Å²) < 4.78 is 38.3. The maximum Gasteiger partial charge on any atom is 0.270 e. The van der Waals surface area contributed by atoms with Crippen LogP contribution >= 0.6 is 0 Å². The van der Waals surface area contributed by atoms with Gasteiger partial charge in [-0.3, -0.25) is 14.5 Å². The van der Waals surface area contributed by atoms with E-state index in [0.717, 1.165) is 5.69 Å². The molecular formula is C21H24F2N4O3. The van der Waals surface area contributed by atoms with Gasteiger partial charge in [0.1, 0.15) is 18.1 Å². The van der Waals surface area contributed by atoms with Crippen molar-refractivity contribution in [2.45, 2.75) is 31.9 Å². The number of methoxy groups -OCH3 is 1. The molecule has 160 valence electrons. The van der Waals surface area contributed by atoms with E-state index in [1.165, 1.54) is 18.7 Å². The van der Waals surface area contributed by atoms with Crippen molar-refractivity contribution in [1.29, 1.82) is 0 Å². The van der Waals surface area contributed by atoms with Crippen LogP contribution in [0.4, 0.5) is 8.78 Å². The van der Waals surface area contributed by atoms with E-state index in [1.807, 2.05) is 18.2 Å². The minimum Gasteiger partial charge on any atom is -0.487 e. The van der Waals surface area contributed by atoms with Gasteiger partial charge in [0.25, 0.3) is 5.91 Å². The Morgan fingerprint density at radius 2 is 2.10 bits per heavy atom. The van der Waals surface area contributed by atoms with E-state index in [9.17, 15) is 13.6 Å². The number of ether oxygens (including phenoxy) is 2. The van der Waals surface area contributed by atoms with Crippen LogP contribution in [0.15, 0.2) is 42.6 Å². The maximum atomic E-state index is 13.0. The third-order valence-corrected chi connectivity index (χ3v) is 4.62. The summed E-state index contributed by atoms with van der Waals surface area (Å²) in [4.78, 5) is 17.2. The number of amides is 1. The van der Waals surface area contributed by atoms with Gasteiger partial charge in [0, 0.05) is 32.2 Å². The van der Waals surface area contributed by atoms with E-state index in [1.54, 1.807) is 31.4 Å². The first-order valence-corrected chi connectivity index (χ1v) is 9.40. The number of hydrogen-bond acceptors (Lipinski definition) is 5. The topological polar surface area (TPSA) is 78.3 Å². The Morgan fingerprint density at radius 3 is 2.77 bits per heavy atom. The zero-order chi connectivity index (χ0) is 21.7. The average Bonchev–Trinajstić information content (AvgIpc) is 3.01. The molecular weight excluding hydrogens is 394 g/mol. The van der Waals surface area contributed by atoms with E-state index in [2.05, 4.69) is 15.4 Å². The summed E-state index contributed by atoms with van der Waals surface area (Å²) in [5, 5.41) is 7.58. The molecule has 7 nitrogen and oxygen atoms in total. The van der Waals surface area contributed by atoms with Crippen LogP contribution < -0.4 is 10.1 Å². The molecule has 0 saturated carbocycles. The highest BCUT2D eigenvalue weighted by Gasteiger charge is 2.32. The second-order valence-corrected chi connectivity index (χ2v) is 7.30. The number of fused-ring (bicyclic) bond motifs is 1. The van der Waals surface area contributed by atoms with Crippen molar-refractivity contribution < 1.29 is 23.0 Å². The number of aryl methyl sites for hydroxylation is 1. The standard InChI is InChI=1S/C21H24F2N4O3/c1-21(13-29-3,11-18(22)23)25-20(28)19-16-10-15(7-8-17(16)26-27(19)2)30-12-14-6-4-5-9-24-14/h4-10,18H,11-13H2,1-3H3,(H,25,28). The molecule has 0 aliphatic heterocycles. The molecule has 0 aliphatic carbocycles. The van der Waals surface area contributed by atoms with Crippen LogP contribution in [0.3, 0.4) is 0 Å². The molecule has 1 unspecified atom stereocenters. The van der Waals surface area contributed by atoms with Crippen molar-refractivity contribution in [3.63, 3.8) is 0 Å². The number of pyridine rings is 1. The van der Waals surface area contributed by atoms with Crippen molar-refractivity contribution in [3.8, 4) is 5.75 Å². The summed E-state index contributed by atoms with van der Waals surface area (Å²) in [5.41, 5.74) is 0.396. The number of halogens is 2. The van der Waals surface area contributed by atoms with Crippen molar-refractivity contribution >= 4 is 16.8 Å². The number of hydrogen-bond donors (Lipinski definition) is 1. The molecule has 0 saturated heterocycles. The summed E-state index contributed by atoms with van der Waals surface area (Å²) in [6.07, 6.45) is -1.43. The van der Waals surface area contributed by atoms with Crippen LogP contribution in [0.2, 0.25) is 0 Å². The van der Waals surface area contributed by atoms with Gasteiger partial charge in [-0.05, 0) is 37.3 Å². The number of nitrogens with one attached hydrogen (secondary N) is 1. The molecule has 0 spiro atoms. The molecule has 0 bridgehead atoms. The monoisotopic (exact) mass is 418 g/mol. The molecule has 0 fully saturated rings. The predicted molar refractivity (Wildman–Crippen MR) is 108 cm³/mol. The van der Waals surface area contributed by atoms with Crippen molar-refractivity contribution in [2.75, 3.05) is 13.7 Å². The zero-order valence-electron chi connectivity index (χ0n) is 17.1. The van der Waals surface area contributed by atoms with E-state index in [-0.39, 0.29) is 18.9 Å². The second kappa shape index (κ2) is 9.17. The zero-order valence-corrected chi connectivity index (χ0v) is 17.1. The molecule has 1 aromatic carbocycles. The Balaban J connectivity index is 1.85. The summed E-state index contributed by atoms with van der Waals surface area (Å²) in [7, 11) is 3.03. The minimum atomic E-state index is -2.58. The average molecular weight is 418 g/mol. The van der Waals surface area contributed by atoms with Gasteiger partial charge in [-0.15, -0.1) is 0 Å². The molecule has 3 aromatic rings. The summed E-state index contributed by atoms with van der Waals surface area (Å²) in [5.74, 6) is 0.0320. The van der Waals surface area contributed by atoms with Gasteiger partial charge in [0.2, 0.25) is 6.43 Å². The highest BCUT2D eigenvalue weighted by atomic mass is 19.3. The number of benzene rings is 1. The van der Waals surface area contributed by atoms with Crippen LogP contribution in [0, 0.1) is 0 Å². The van der Waals surface area contributed by atoms with Gasteiger partial charge >= 0.3 is 0 Å². The van der Waals surface area contributed by atoms with Crippen LogP contribution in [0.25, 0.3) is 10.9 Å². The number of rotatable bonds is 9. The minimum absolute atomic E-state index is 0.0443. The van der Waals surface area contributed by atoms with Gasteiger partial charge < -0.3 is 14.8 Å². The molecule has 1 amide bonds. The van der Waals surface area contributed by atoms with E-state index in [0.29, 0.717) is 16.7 Å². The molecule has 0 aliphatic rings. The highest BCUT2D eigenvalue weighted by molar-refractivity contribution is 6.05. The SMILES string of the molecule is COCC(C)(CC(F)F)NC(=O)c1c2cc(OCc3ccccn3)ccc2nn1C. The van der Waals surface area contributed by atoms with Crippen molar-refractivity contribution in [2.24, 2.45) is 7.05 Å². The summed E-state index contributed by atoms with van der Waals surface area (Å²) in [6, 6.07) is 10.7. The summed E-state index contributed by atoms with van der Waals surface area (Å²) in [6.45, 7) is 1.76. The third-order valence-electron chi connectivity index (χ3n) is 4.62. The van der Waals surface area contributed by atoms with Gasteiger partial charge in [-0.1, -0.05) is 6.07 Å². The Labute approximate surface area is 173 Å². The number of nitrogens with zero attached hydrogens (tertiary/aromatic N) is 3. The molecule has 1 atom stereocenters. The lowest BCUT2D eigenvalue weighted by Crippen LogP contribution is -2.51. The first-order chi connectivity index (χ1) is 14.3. The quantitative estimate of drug-likeness (QED) is 0.577. The van der Waals surface area contributed by atoms with E-state index >= 15 is 0 Å². The fraction of sp³-hybridized carbons (Fsp3) is 0.381. The number of carbonyl (C=O) groups is 1. The first kappa shape index (κ1) is 21.6. The Hall–Kier alpha value is -3.07. The largest absolute Gasteiger partial charge is 0.487 e. The summed E-state index contributed by atoms with van der Waals surface area (Å²) >= 11 is 0. The van der Waals surface area contributed by atoms with Gasteiger partial charge in [0.15, 0.2) is 0 Å². The van der Waals surface area contributed by atoms with E-state index < -0.39 is 24.3 Å². The van der Waals surface area contributed by atoms with Crippen LogP contribution in [0.1, 0.15) is 29.5 Å². The lowest BCUT2D eigenvalue weighted by Gasteiger charge is -2.29. The molecule has 30 heavy (non-hydrogen) atoms. The lowest BCUT2D eigenvalue weighted by atomic mass is 9.98. The normalized spacial score (nSPS) is 13.4. The molecule has 2 aromatic heterocycles. The molecule has 3 rings (SSSR count). The smallest absolute Gasteiger partial charge is 0.270 e. The molecule has 1 N–H and O–H groups in total. The van der Waals surface area contributed by atoms with E-state index in [4.69, 9.17) is 9.47 Å². The molecule has 9 heteroatoms. The molecule has 0 radical (unpaired) electrons. The second-order valence-electron chi connectivity index (χ2n) is 7.30. The number of alkyl halides is 2. The van der Waals surface area contributed by atoms with Crippen LogP contribution in [0.5, 0.6) is 5.75 Å². The number of carbonyl (C=O) groups excluding carboxylic acids is 1. The van der Waals surface area contributed by atoms with Gasteiger partial charge in [-0.2, -0.15) is 5.10 Å². The Kier molecular flexibility index (Phi) is 6.61. The van der Waals surface area contributed by atoms with Gasteiger partial charge in [-0.25, -0.2) is 8.78 Å². The highest BCUT2D eigenvalue weighted by Crippen LogP contribution is 2.25. The number of aromatic nitrogens is 3. The van der Waals surface area contributed by atoms with Gasteiger partial charge in [0.05, 0.1) is 23.4 Å². The lowest BCUT2D eigenvalue weighted by molar-refractivity contribution is 0.0461. The van der Waals surface area contributed by atoms with Crippen LogP contribution in [-0.2, 0) is 18.4 Å². The maximum absolute atomic E-state index is 13.0. The van der Waals surface area contributed by atoms with Crippen molar-refractivity contribution in [3.05, 3.63) is 54.0 Å². The Bertz CT molecular complexity index is 1010. The third kappa shape index (κ3) is 5.10. The fourth-order valence-electron chi connectivity index (χ4n) is 3.32. The fourth-order valence-corrected chi connectivity index (χ4v) is 3.32. The van der Waals surface area contributed by atoms with Crippen molar-refractivity contribution in [1.82, 2.24) is 20.1 Å². The molecule has 2 heterocycles. The van der Waals surface area contributed by atoms with Crippen LogP contribution in [-0.4, -0.2) is 46.4 Å². The predicted octanol–water partition coefficient (Wildman–Crippen LogP) is 3.34. The Morgan fingerprint density at radius 1 is 1.30 bits per heavy atom.